The van der Waals surface area contributed by atoms with E-state index in [4.69, 9.17) is 0 Å². The van der Waals surface area contributed by atoms with Crippen LogP contribution in [0.25, 0.3) is 0 Å². The Morgan fingerprint density at radius 1 is 1.16 bits per heavy atom. The molecule has 0 aromatic heterocycles. The maximum Gasteiger partial charge on any atom is 0.0914 e. The standard InChI is InChI=1S/C17H27NO/c1-3-14-6-10-16(11-7-14)18-12-17(19)15-8-4-13(2)5-9-15/h4-5,8-9,14,16-19H,3,6-7,10-12H2,1-2H3. The van der Waals surface area contributed by atoms with Gasteiger partial charge in [-0.15, -0.1) is 0 Å². The minimum atomic E-state index is -0.385. The zero-order valence-electron chi connectivity index (χ0n) is 12.2. The van der Waals surface area contributed by atoms with Gasteiger partial charge in [-0.2, -0.15) is 0 Å². The van der Waals surface area contributed by atoms with Crippen LogP contribution in [0, 0.1) is 12.8 Å². The third-order valence-corrected chi connectivity index (χ3v) is 4.49. The lowest BCUT2D eigenvalue weighted by Crippen LogP contribution is -2.35. The molecule has 2 N–H and O–H groups in total. The van der Waals surface area contributed by atoms with Crippen molar-refractivity contribution in [1.82, 2.24) is 5.32 Å². The van der Waals surface area contributed by atoms with Crippen LogP contribution in [0.15, 0.2) is 24.3 Å². The van der Waals surface area contributed by atoms with Gasteiger partial charge in [0.15, 0.2) is 0 Å². The first-order valence-corrected chi connectivity index (χ1v) is 7.67. The SMILES string of the molecule is CCC1CCC(NCC(O)c2ccc(C)cc2)CC1. The monoisotopic (exact) mass is 261 g/mol. The van der Waals surface area contributed by atoms with Crippen LogP contribution in [0.5, 0.6) is 0 Å². The Bertz CT molecular complexity index is 365. The number of rotatable bonds is 5. The third-order valence-electron chi connectivity index (χ3n) is 4.49. The summed E-state index contributed by atoms with van der Waals surface area (Å²) in [5.74, 6) is 0.931. The number of aryl methyl sites for hydroxylation is 1. The fourth-order valence-corrected chi connectivity index (χ4v) is 2.96. The molecule has 2 nitrogen and oxygen atoms in total. The molecule has 1 unspecified atom stereocenters. The van der Waals surface area contributed by atoms with E-state index in [1.54, 1.807) is 0 Å². The van der Waals surface area contributed by atoms with Crippen molar-refractivity contribution in [2.45, 2.75) is 58.1 Å². The van der Waals surface area contributed by atoms with Crippen LogP contribution in [0.2, 0.25) is 0 Å². The van der Waals surface area contributed by atoms with Crippen LogP contribution in [0.4, 0.5) is 0 Å². The second-order valence-corrected chi connectivity index (χ2v) is 5.96. The normalized spacial score (nSPS) is 25.2. The predicted molar refractivity (Wildman–Crippen MR) is 80.2 cm³/mol. The zero-order valence-corrected chi connectivity index (χ0v) is 12.2. The van der Waals surface area contributed by atoms with Gasteiger partial charge in [-0.25, -0.2) is 0 Å². The zero-order chi connectivity index (χ0) is 13.7. The molecule has 0 aliphatic heterocycles. The minimum Gasteiger partial charge on any atom is -0.387 e. The van der Waals surface area contributed by atoms with Gasteiger partial charge in [0.1, 0.15) is 0 Å². The lowest BCUT2D eigenvalue weighted by atomic mass is 9.84. The summed E-state index contributed by atoms with van der Waals surface area (Å²) in [5.41, 5.74) is 2.25. The van der Waals surface area contributed by atoms with E-state index in [-0.39, 0.29) is 6.10 Å². The van der Waals surface area contributed by atoms with E-state index in [0.717, 1.165) is 11.5 Å². The highest BCUT2D eigenvalue weighted by molar-refractivity contribution is 5.23. The molecule has 2 rings (SSSR count). The number of aliphatic hydroxyl groups excluding tert-OH is 1. The Morgan fingerprint density at radius 2 is 1.79 bits per heavy atom. The Labute approximate surface area is 117 Å². The molecule has 0 heterocycles. The van der Waals surface area contributed by atoms with Gasteiger partial charge < -0.3 is 10.4 Å². The van der Waals surface area contributed by atoms with Crippen molar-refractivity contribution >= 4 is 0 Å². The quantitative estimate of drug-likeness (QED) is 0.849. The lowest BCUT2D eigenvalue weighted by molar-refractivity contribution is 0.162. The van der Waals surface area contributed by atoms with E-state index in [2.05, 4.69) is 31.3 Å². The van der Waals surface area contributed by atoms with E-state index in [9.17, 15) is 5.11 Å². The second kappa shape index (κ2) is 7.06. The van der Waals surface area contributed by atoms with Gasteiger partial charge in [-0.3, -0.25) is 0 Å². The highest BCUT2D eigenvalue weighted by Crippen LogP contribution is 2.26. The molecule has 1 atom stereocenters. The topological polar surface area (TPSA) is 32.3 Å². The van der Waals surface area contributed by atoms with Crippen molar-refractivity contribution in [2.75, 3.05) is 6.54 Å². The average Bonchev–Trinajstić information content (AvgIpc) is 2.46. The molecule has 1 aromatic rings. The van der Waals surface area contributed by atoms with Gasteiger partial charge in [0.05, 0.1) is 6.10 Å². The highest BCUT2D eigenvalue weighted by atomic mass is 16.3. The first-order chi connectivity index (χ1) is 9.19. The minimum absolute atomic E-state index is 0.385. The number of hydrogen-bond acceptors (Lipinski definition) is 2. The molecule has 0 spiro atoms. The molecule has 0 saturated heterocycles. The predicted octanol–water partition coefficient (Wildman–Crippen LogP) is 3.59. The molecule has 19 heavy (non-hydrogen) atoms. The molecule has 106 valence electrons. The van der Waals surface area contributed by atoms with Gasteiger partial charge in [0, 0.05) is 12.6 Å². The lowest BCUT2D eigenvalue weighted by Gasteiger charge is -2.29. The van der Waals surface area contributed by atoms with E-state index in [1.807, 2.05) is 12.1 Å². The molecular weight excluding hydrogens is 234 g/mol. The number of benzene rings is 1. The van der Waals surface area contributed by atoms with Crippen molar-refractivity contribution < 1.29 is 5.11 Å². The van der Waals surface area contributed by atoms with Gasteiger partial charge in [0.25, 0.3) is 0 Å². The molecule has 1 aliphatic carbocycles. The summed E-state index contributed by atoms with van der Waals surface area (Å²) in [7, 11) is 0. The summed E-state index contributed by atoms with van der Waals surface area (Å²) in [6.45, 7) is 5.03. The summed E-state index contributed by atoms with van der Waals surface area (Å²) in [4.78, 5) is 0. The van der Waals surface area contributed by atoms with Crippen molar-refractivity contribution in [3.8, 4) is 0 Å². The van der Waals surface area contributed by atoms with E-state index < -0.39 is 0 Å². The van der Waals surface area contributed by atoms with Crippen molar-refractivity contribution in [2.24, 2.45) is 5.92 Å². The fraction of sp³-hybridized carbons (Fsp3) is 0.647. The Kier molecular flexibility index (Phi) is 5.41. The van der Waals surface area contributed by atoms with E-state index in [1.165, 1.54) is 37.7 Å². The van der Waals surface area contributed by atoms with Crippen LogP contribution in [-0.4, -0.2) is 17.7 Å². The number of nitrogens with one attached hydrogen (secondary N) is 1. The largest absolute Gasteiger partial charge is 0.387 e. The molecule has 1 saturated carbocycles. The number of hydrogen-bond donors (Lipinski definition) is 2. The highest BCUT2D eigenvalue weighted by Gasteiger charge is 2.20. The second-order valence-electron chi connectivity index (χ2n) is 5.96. The maximum absolute atomic E-state index is 10.2. The first-order valence-electron chi connectivity index (χ1n) is 7.67. The van der Waals surface area contributed by atoms with Crippen LogP contribution < -0.4 is 5.32 Å². The fourth-order valence-electron chi connectivity index (χ4n) is 2.96. The van der Waals surface area contributed by atoms with Crippen molar-refractivity contribution in [1.29, 1.82) is 0 Å². The van der Waals surface area contributed by atoms with E-state index in [0.29, 0.717) is 12.6 Å². The Balaban J connectivity index is 1.75. The summed E-state index contributed by atoms with van der Waals surface area (Å²) >= 11 is 0. The molecule has 1 aromatic carbocycles. The molecular formula is C17H27NO. The van der Waals surface area contributed by atoms with Gasteiger partial charge in [-0.05, 0) is 44.1 Å². The van der Waals surface area contributed by atoms with Gasteiger partial charge in [-0.1, -0.05) is 43.2 Å². The third kappa shape index (κ3) is 4.32. The summed E-state index contributed by atoms with van der Waals surface area (Å²) in [6.07, 6.45) is 6.14. The average molecular weight is 261 g/mol. The number of aliphatic hydroxyl groups is 1. The van der Waals surface area contributed by atoms with Crippen LogP contribution in [-0.2, 0) is 0 Å². The Hall–Kier alpha value is -0.860. The van der Waals surface area contributed by atoms with Crippen LogP contribution >= 0.6 is 0 Å². The molecule has 0 amide bonds. The first kappa shape index (κ1) is 14.5. The smallest absolute Gasteiger partial charge is 0.0914 e. The maximum atomic E-state index is 10.2. The van der Waals surface area contributed by atoms with Gasteiger partial charge >= 0.3 is 0 Å². The van der Waals surface area contributed by atoms with Crippen molar-refractivity contribution in [3.63, 3.8) is 0 Å². The molecule has 1 aliphatic rings. The molecule has 0 radical (unpaired) electrons. The molecule has 2 heteroatoms. The van der Waals surface area contributed by atoms with Crippen LogP contribution in [0.3, 0.4) is 0 Å². The summed E-state index contributed by atoms with van der Waals surface area (Å²) in [6, 6.07) is 8.77. The summed E-state index contributed by atoms with van der Waals surface area (Å²) < 4.78 is 0. The van der Waals surface area contributed by atoms with Crippen LogP contribution in [0.1, 0.15) is 56.3 Å². The van der Waals surface area contributed by atoms with E-state index >= 15 is 0 Å². The van der Waals surface area contributed by atoms with Gasteiger partial charge in [0.2, 0.25) is 0 Å². The summed E-state index contributed by atoms with van der Waals surface area (Å²) in [5, 5.41) is 13.7. The Morgan fingerprint density at radius 3 is 2.37 bits per heavy atom. The van der Waals surface area contributed by atoms with Crippen molar-refractivity contribution in [3.05, 3.63) is 35.4 Å². The molecule has 0 bridgehead atoms. The molecule has 1 fully saturated rings.